The molecule has 2 aromatic carbocycles. The second-order valence-electron chi connectivity index (χ2n) is 7.30. The third-order valence-corrected chi connectivity index (χ3v) is 7.75. The van der Waals surface area contributed by atoms with Crippen molar-refractivity contribution in [1.29, 1.82) is 0 Å². The Bertz CT molecular complexity index is 1160. The summed E-state index contributed by atoms with van der Waals surface area (Å²) in [5, 5.41) is 13.5. The number of rotatable bonds is 5. The Labute approximate surface area is 189 Å². The number of likely N-dealkylation sites (tertiary alicyclic amines) is 1. The van der Waals surface area contributed by atoms with Crippen LogP contribution in [0.1, 0.15) is 28.8 Å². The van der Waals surface area contributed by atoms with Gasteiger partial charge in [0.15, 0.2) is 5.13 Å². The Morgan fingerprint density at radius 2 is 1.74 bits per heavy atom. The molecule has 4 rings (SSSR count). The largest absolute Gasteiger partial charge is 0.385 e. The van der Waals surface area contributed by atoms with Crippen molar-refractivity contribution in [3.8, 4) is 0 Å². The molecule has 0 radical (unpaired) electrons. The van der Waals surface area contributed by atoms with Crippen molar-refractivity contribution in [2.75, 3.05) is 17.8 Å². The summed E-state index contributed by atoms with van der Waals surface area (Å²) in [5.74, 6) is -0.199. The lowest BCUT2D eigenvalue weighted by Crippen LogP contribution is -2.45. The van der Waals surface area contributed by atoms with E-state index in [0.29, 0.717) is 36.5 Å². The highest BCUT2D eigenvalue weighted by molar-refractivity contribution is 7.93. The van der Waals surface area contributed by atoms with E-state index >= 15 is 0 Å². The van der Waals surface area contributed by atoms with E-state index in [0.717, 1.165) is 5.56 Å². The number of benzene rings is 2. The molecular formula is C21H20ClN3O4S2. The quantitative estimate of drug-likeness (QED) is 0.583. The summed E-state index contributed by atoms with van der Waals surface area (Å²) in [6, 6.07) is 12.9. The van der Waals surface area contributed by atoms with Gasteiger partial charge in [-0.2, -0.15) is 0 Å². The van der Waals surface area contributed by atoms with Gasteiger partial charge in [0.05, 0.1) is 10.5 Å². The maximum atomic E-state index is 12.9. The van der Waals surface area contributed by atoms with E-state index in [-0.39, 0.29) is 15.9 Å². The summed E-state index contributed by atoms with van der Waals surface area (Å²) in [4.78, 5) is 18.5. The maximum absolute atomic E-state index is 12.9. The number of sulfonamides is 1. The van der Waals surface area contributed by atoms with Crippen LogP contribution in [0.15, 0.2) is 65.0 Å². The van der Waals surface area contributed by atoms with E-state index in [2.05, 4.69) is 9.71 Å². The summed E-state index contributed by atoms with van der Waals surface area (Å²) >= 11 is 7.11. The molecule has 0 saturated carbocycles. The van der Waals surface area contributed by atoms with Crippen molar-refractivity contribution in [3.05, 3.63) is 76.3 Å². The Hall–Kier alpha value is -2.46. The van der Waals surface area contributed by atoms with Gasteiger partial charge >= 0.3 is 0 Å². The summed E-state index contributed by atoms with van der Waals surface area (Å²) < 4.78 is 27.3. The van der Waals surface area contributed by atoms with Gasteiger partial charge in [-0.3, -0.25) is 9.52 Å². The number of halogens is 1. The highest BCUT2D eigenvalue weighted by Crippen LogP contribution is 2.34. The first-order valence-electron chi connectivity index (χ1n) is 9.57. The van der Waals surface area contributed by atoms with Crippen LogP contribution in [-0.4, -0.2) is 42.4 Å². The molecule has 7 nitrogen and oxygen atoms in total. The van der Waals surface area contributed by atoms with Crippen molar-refractivity contribution in [1.82, 2.24) is 9.88 Å². The number of hydrogen-bond donors (Lipinski definition) is 2. The van der Waals surface area contributed by atoms with Gasteiger partial charge in [-0.1, -0.05) is 23.7 Å². The lowest BCUT2D eigenvalue weighted by molar-refractivity contribution is -0.0211. The number of carbonyl (C=O) groups excluding carboxylic acids is 1. The van der Waals surface area contributed by atoms with E-state index in [1.807, 2.05) is 0 Å². The standard InChI is InChI=1S/C21H20ClN3O4S2/c22-17-5-3-16(4-6-17)21(27)9-12-25(13-10-21)19(26)15-1-7-18(8-2-15)31(28,29)24-20-23-11-14-30-20/h1-8,11,14,27H,9-10,12-13H2,(H,23,24). The zero-order valence-corrected chi connectivity index (χ0v) is 18.8. The molecule has 31 heavy (non-hydrogen) atoms. The van der Waals surface area contributed by atoms with Crippen LogP contribution in [0, 0.1) is 0 Å². The molecule has 2 heterocycles. The highest BCUT2D eigenvalue weighted by Gasteiger charge is 2.35. The number of thiazole rings is 1. The number of anilines is 1. The van der Waals surface area contributed by atoms with Crippen molar-refractivity contribution in [3.63, 3.8) is 0 Å². The lowest BCUT2D eigenvalue weighted by atomic mass is 9.84. The summed E-state index contributed by atoms with van der Waals surface area (Å²) in [6.45, 7) is 0.785. The minimum atomic E-state index is -3.77. The first kappa shape index (κ1) is 21.8. The molecule has 2 N–H and O–H groups in total. The van der Waals surface area contributed by atoms with Crippen LogP contribution in [0.5, 0.6) is 0 Å². The van der Waals surface area contributed by atoms with E-state index in [4.69, 9.17) is 11.6 Å². The summed E-state index contributed by atoms with van der Waals surface area (Å²) in [6.07, 6.45) is 2.33. The molecule has 162 valence electrons. The first-order valence-corrected chi connectivity index (χ1v) is 12.3. The van der Waals surface area contributed by atoms with Gasteiger partial charge in [-0.25, -0.2) is 13.4 Å². The molecular weight excluding hydrogens is 458 g/mol. The average Bonchev–Trinajstić information content (AvgIpc) is 3.26. The number of aliphatic hydroxyl groups is 1. The van der Waals surface area contributed by atoms with Crippen LogP contribution in [-0.2, 0) is 15.6 Å². The average molecular weight is 478 g/mol. The highest BCUT2D eigenvalue weighted by atomic mass is 35.5. The van der Waals surface area contributed by atoms with E-state index < -0.39 is 15.6 Å². The van der Waals surface area contributed by atoms with Gasteiger partial charge in [0.2, 0.25) is 0 Å². The van der Waals surface area contributed by atoms with E-state index in [1.54, 1.807) is 34.5 Å². The minimum absolute atomic E-state index is 0.0509. The number of nitrogens with zero attached hydrogens (tertiary/aromatic N) is 2. The van der Waals surface area contributed by atoms with Crippen LogP contribution in [0.25, 0.3) is 0 Å². The van der Waals surface area contributed by atoms with Crippen molar-refractivity contribution in [2.24, 2.45) is 0 Å². The van der Waals surface area contributed by atoms with Gasteiger partial charge in [-0.15, -0.1) is 11.3 Å². The number of hydrogen-bond acceptors (Lipinski definition) is 6. The molecule has 1 fully saturated rings. The second kappa shape index (κ2) is 8.58. The zero-order chi connectivity index (χ0) is 22.1. The second-order valence-corrected chi connectivity index (χ2v) is 10.3. The van der Waals surface area contributed by atoms with Gasteiger partial charge < -0.3 is 10.0 Å². The smallest absolute Gasteiger partial charge is 0.263 e. The number of nitrogens with one attached hydrogen (secondary N) is 1. The Morgan fingerprint density at radius 3 is 2.32 bits per heavy atom. The molecule has 0 spiro atoms. The number of amides is 1. The van der Waals surface area contributed by atoms with Crippen LogP contribution in [0.3, 0.4) is 0 Å². The first-order chi connectivity index (χ1) is 14.8. The molecule has 1 saturated heterocycles. The Balaban J connectivity index is 1.42. The molecule has 1 aromatic heterocycles. The third kappa shape index (κ3) is 4.74. The molecule has 1 aliphatic heterocycles. The molecule has 3 aromatic rings. The molecule has 1 amide bonds. The fourth-order valence-electron chi connectivity index (χ4n) is 3.54. The zero-order valence-electron chi connectivity index (χ0n) is 16.4. The molecule has 0 aliphatic carbocycles. The maximum Gasteiger partial charge on any atom is 0.263 e. The number of carbonyl (C=O) groups is 1. The molecule has 0 bridgehead atoms. The predicted molar refractivity (Wildman–Crippen MR) is 120 cm³/mol. The predicted octanol–water partition coefficient (Wildman–Crippen LogP) is 3.72. The van der Waals surface area contributed by atoms with E-state index in [1.165, 1.54) is 41.8 Å². The van der Waals surface area contributed by atoms with Gasteiger partial charge in [0, 0.05) is 35.3 Å². The van der Waals surface area contributed by atoms with Crippen molar-refractivity contribution < 1.29 is 18.3 Å². The van der Waals surface area contributed by atoms with Gasteiger partial charge in [0.25, 0.3) is 15.9 Å². The van der Waals surface area contributed by atoms with Gasteiger partial charge in [-0.05, 0) is 54.8 Å². The fourth-order valence-corrected chi connectivity index (χ4v) is 5.45. The van der Waals surface area contributed by atoms with Crippen LogP contribution < -0.4 is 4.72 Å². The number of aromatic nitrogens is 1. The van der Waals surface area contributed by atoms with Crippen molar-refractivity contribution in [2.45, 2.75) is 23.3 Å². The Morgan fingerprint density at radius 1 is 1.10 bits per heavy atom. The third-order valence-electron chi connectivity index (χ3n) is 5.32. The van der Waals surface area contributed by atoms with Crippen LogP contribution in [0.4, 0.5) is 5.13 Å². The topological polar surface area (TPSA) is 99.6 Å². The molecule has 0 atom stereocenters. The minimum Gasteiger partial charge on any atom is -0.385 e. The van der Waals surface area contributed by atoms with E-state index in [9.17, 15) is 18.3 Å². The monoisotopic (exact) mass is 477 g/mol. The number of piperidine rings is 1. The normalized spacial score (nSPS) is 16.1. The summed E-state index contributed by atoms with van der Waals surface area (Å²) in [5.41, 5.74) is 0.178. The SMILES string of the molecule is O=C(c1ccc(S(=O)(=O)Nc2nccs2)cc1)N1CCC(O)(c2ccc(Cl)cc2)CC1. The Kier molecular flexibility index (Phi) is 6.02. The fraction of sp³-hybridized carbons (Fsp3) is 0.238. The van der Waals surface area contributed by atoms with Crippen LogP contribution in [0.2, 0.25) is 5.02 Å². The summed E-state index contributed by atoms with van der Waals surface area (Å²) in [7, 11) is -3.77. The molecule has 0 unspecified atom stereocenters. The molecule has 10 heteroatoms. The molecule has 1 aliphatic rings. The van der Waals surface area contributed by atoms with Crippen LogP contribution >= 0.6 is 22.9 Å². The van der Waals surface area contributed by atoms with Gasteiger partial charge in [0.1, 0.15) is 0 Å². The lowest BCUT2D eigenvalue weighted by Gasteiger charge is -2.38. The van der Waals surface area contributed by atoms with Crippen molar-refractivity contribution >= 4 is 44.0 Å².